The maximum absolute atomic E-state index is 13.7. The summed E-state index contributed by atoms with van der Waals surface area (Å²) in [6.07, 6.45) is 0. The van der Waals surface area contributed by atoms with E-state index in [4.69, 9.17) is 15.2 Å². The summed E-state index contributed by atoms with van der Waals surface area (Å²) in [4.78, 5) is 0. The van der Waals surface area contributed by atoms with E-state index in [1.165, 1.54) is 0 Å². The van der Waals surface area contributed by atoms with Crippen LogP contribution in [0.15, 0.2) is 6.07 Å². The second-order valence-electron chi connectivity index (χ2n) is 3.79. The van der Waals surface area contributed by atoms with Gasteiger partial charge in [-0.3, -0.25) is 0 Å². The van der Waals surface area contributed by atoms with Gasteiger partial charge in [0.05, 0.1) is 0 Å². The minimum Gasteiger partial charge on any atom is -0.505 e. The Morgan fingerprint density at radius 2 is 2.19 bits per heavy atom. The van der Waals surface area contributed by atoms with Crippen molar-refractivity contribution < 1.29 is 19.0 Å². The number of hydrogen-bond donors (Lipinski definition) is 2. The Morgan fingerprint density at radius 3 is 2.88 bits per heavy atom. The first-order valence-electron chi connectivity index (χ1n) is 5.16. The van der Waals surface area contributed by atoms with Crippen LogP contribution in [0.5, 0.6) is 17.2 Å². The number of phenols is 1. The van der Waals surface area contributed by atoms with Gasteiger partial charge < -0.3 is 20.3 Å². The first kappa shape index (κ1) is 11.0. The lowest BCUT2D eigenvalue weighted by Crippen LogP contribution is -2.18. The molecule has 1 unspecified atom stereocenters. The first-order chi connectivity index (χ1) is 7.65. The maximum Gasteiger partial charge on any atom is 0.210 e. The van der Waals surface area contributed by atoms with Crippen molar-refractivity contribution in [2.45, 2.75) is 12.8 Å². The van der Waals surface area contributed by atoms with E-state index in [0.29, 0.717) is 24.5 Å². The van der Waals surface area contributed by atoms with E-state index in [9.17, 15) is 9.50 Å². The average Bonchev–Trinajstić information content (AvgIpc) is 2.33. The molecule has 3 N–H and O–H groups in total. The monoisotopic (exact) mass is 227 g/mol. The van der Waals surface area contributed by atoms with Crippen molar-refractivity contribution >= 4 is 0 Å². The lowest BCUT2D eigenvalue weighted by molar-refractivity contribution is 0.162. The number of halogens is 1. The van der Waals surface area contributed by atoms with Crippen molar-refractivity contribution in [3.05, 3.63) is 17.4 Å². The molecule has 1 aliphatic heterocycles. The highest BCUT2D eigenvalue weighted by Crippen LogP contribution is 2.42. The summed E-state index contributed by atoms with van der Waals surface area (Å²) in [6.45, 7) is 2.81. The molecule has 2 rings (SSSR count). The number of hydrogen-bond acceptors (Lipinski definition) is 4. The third-order valence-electron chi connectivity index (χ3n) is 2.66. The summed E-state index contributed by atoms with van der Waals surface area (Å²) < 4.78 is 24.1. The molecule has 0 radical (unpaired) electrons. The third-order valence-corrected chi connectivity index (χ3v) is 2.66. The number of aromatic hydroxyl groups is 1. The smallest absolute Gasteiger partial charge is 0.210 e. The lowest BCUT2D eigenvalue weighted by atomic mass is 9.99. The van der Waals surface area contributed by atoms with Crippen molar-refractivity contribution in [3.63, 3.8) is 0 Å². The van der Waals surface area contributed by atoms with Crippen LogP contribution in [0.3, 0.4) is 0 Å². The second kappa shape index (κ2) is 4.17. The number of nitrogens with two attached hydrogens (primary N) is 1. The predicted octanol–water partition coefficient (Wildman–Crippen LogP) is 1.36. The van der Waals surface area contributed by atoms with Crippen molar-refractivity contribution in [2.75, 3.05) is 19.8 Å². The molecule has 5 heteroatoms. The van der Waals surface area contributed by atoms with Crippen molar-refractivity contribution in [2.24, 2.45) is 5.73 Å². The van der Waals surface area contributed by atoms with E-state index in [1.807, 2.05) is 6.92 Å². The van der Waals surface area contributed by atoms with Crippen LogP contribution in [-0.2, 0) is 0 Å². The maximum atomic E-state index is 13.7. The highest BCUT2D eigenvalue weighted by Gasteiger charge is 2.24. The quantitative estimate of drug-likeness (QED) is 0.800. The van der Waals surface area contributed by atoms with Crippen LogP contribution in [0, 0.1) is 5.82 Å². The van der Waals surface area contributed by atoms with E-state index in [1.54, 1.807) is 6.07 Å². The minimum atomic E-state index is -0.771. The Morgan fingerprint density at radius 1 is 1.50 bits per heavy atom. The number of phenolic OH excluding ortho intramolecular Hbond substituents is 1. The normalized spacial score (nSPS) is 15.9. The van der Waals surface area contributed by atoms with Gasteiger partial charge >= 0.3 is 0 Å². The summed E-state index contributed by atoms with van der Waals surface area (Å²) >= 11 is 0. The number of fused-ring (bicyclic) bond motifs is 1. The van der Waals surface area contributed by atoms with E-state index in [2.05, 4.69) is 0 Å². The Labute approximate surface area is 92.8 Å². The molecule has 0 saturated carbocycles. The van der Waals surface area contributed by atoms with Gasteiger partial charge in [0.15, 0.2) is 11.5 Å². The molecule has 0 bridgehead atoms. The molecule has 88 valence electrons. The fourth-order valence-electron chi connectivity index (χ4n) is 1.66. The zero-order valence-corrected chi connectivity index (χ0v) is 9.00. The summed E-state index contributed by atoms with van der Waals surface area (Å²) in [5, 5.41) is 9.69. The molecule has 0 amide bonds. The molecule has 0 fully saturated rings. The molecular weight excluding hydrogens is 213 g/mol. The van der Waals surface area contributed by atoms with Crippen molar-refractivity contribution in [1.82, 2.24) is 0 Å². The Balaban J connectivity index is 2.52. The van der Waals surface area contributed by atoms with Gasteiger partial charge in [-0.15, -0.1) is 0 Å². The minimum absolute atomic E-state index is 0.0169. The van der Waals surface area contributed by atoms with Crippen LogP contribution in [-0.4, -0.2) is 24.9 Å². The largest absolute Gasteiger partial charge is 0.505 e. The standard InChI is InChI=1S/C11H14FNO3/c1-6(5-13)7-4-8-11(9(12)10(7)14)16-3-2-15-8/h4,6,14H,2-3,5,13H2,1H3. The molecule has 0 saturated heterocycles. The number of benzene rings is 1. The van der Waals surface area contributed by atoms with E-state index < -0.39 is 11.6 Å². The first-order valence-corrected chi connectivity index (χ1v) is 5.16. The SMILES string of the molecule is CC(CN)c1cc2c(c(F)c1O)OCCO2. The zero-order valence-electron chi connectivity index (χ0n) is 9.00. The molecule has 0 aliphatic carbocycles. The van der Waals surface area contributed by atoms with Crippen LogP contribution in [0.1, 0.15) is 18.4 Å². The summed E-state index contributed by atoms with van der Waals surface area (Å²) in [5.74, 6) is -0.992. The lowest BCUT2D eigenvalue weighted by Gasteiger charge is -2.22. The molecule has 16 heavy (non-hydrogen) atoms. The average molecular weight is 227 g/mol. The molecule has 1 atom stereocenters. The Bertz CT molecular complexity index is 409. The van der Waals surface area contributed by atoms with Crippen LogP contribution < -0.4 is 15.2 Å². The Hall–Kier alpha value is -1.49. The Kier molecular flexibility index (Phi) is 2.87. The second-order valence-corrected chi connectivity index (χ2v) is 3.79. The van der Waals surface area contributed by atoms with Crippen molar-refractivity contribution in [3.8, 4) is 17.2 Å². The molecular formula is C11H14FNO3. The van der Waals surface area contributed by atoms with Crippen LogP contribution in [0.2, 0.25) is 0 Å². The van der Waals surface area contributed by atoms with E-state index in [-0.39, 0.29) is 18.3 Å². The fourth-order valence-corrected chi connectivity index (χ4v) is 1.66. The highest BCUT2D eigenvalue weighted by atomic mass is 19.1. The molecule has 1 heterocycles. The van der Waals surface area contributed by atoms with Gasteiger partial charge in [0.25, 0.3) is 0 Å². The van der Waals surface area contributed by atoms with E-state index in [0.717, 1.165) is 0 Å². The van der Waals surface area contributed by atoms with Gasteiger partial charge in [0.1, 0.15) is 13.2 Å². The molecule has 1 aliphatic rings. The fraction of sp³-hybridized carbons (Fsp3) is 0.455. The molecule has 1 aromatic rings. The molecule has 4 nitrogen and oxygen atoms in total. The molecule has 0 aromatic heterocycles. The van der Waals surface area contributed by atoms with Crippen LogP contribution in [0.25, 0.3) is 0 Å². The molecule has 1 aromatic carbocycles. The van der Waals surface area contributed by atoms with Gasteiger partial charge in [-0.05, 0) is 18.5 Å². The number of rotatable bonds is 2. The summed E-state index contributed by atoms with van der Waals surface area (Å²) in [5.41, 5.74) is 5.94. The topological polar surface area (TPSA) is 64.7 Å². The van der Waals surface area contributed by atoms with E-state index >= 15 is 0 Å². The van der Waals surface area contributed by atoms with Gasteiger partial charge in [0, 0.05) is 5.56 Å². The van der Waals surface area contributed by atoms with Crippen LogP contribution >= 0.6 is 0 Å². The van der Waals surface area contributed by atoms with Crippen LogP contribution in [0.4, 0.5) is 4.39 Å². The number of ether oxygens (including phenoxy) is 2. The van der Waals surface area contributed by atoms with Gasteiger partial charge in [0.2, 0.25) is 11.6 Å². The third kappa shape index (κ3) is 1.67. The van der Waals surface area contributed by atoms with Gasteiger partial charge in [-0.1, -0.05) is 6.92 Å². The molecule has 0 spiro atoms. The summed E-state index contributed by atoms with van der Waals surface area (Å²) in [6, 6.07) is 1.59. The zero-order chi connectivity index (χ0) is 11.7. The predicted molar refractivity (Wildman–Crippen MR) is 56.5 cm³/mol. The van der Waals surface area contributed by atoms with Gasteiger partial charge in [-0.25, -0.2) is 0 Å². The summed E-state index contributed by atoms with van der Waals surface area (Å²) in [7, 11) is 0. The van der Waals surface area contributed by atoms with Crippen molar-refractivity contribution in [1.29, 1.82) is 0 Å². The van der Waals surface area contributed by atoms with Gasteiger partial charge in [-0.2, -0.15) is 4.39 Å². The highest BCUT2D eigenvalue weighted by molar-refractivity contribution is 5.53.